The van der Waals surface area contributed by atoms with Crippen LogP contribution in [0.25, 0.3) is 10.6 Å². The van der Waals surface area contributed by atoms with Gasteiger partial charge in [-0.15, -0.1) is 11.3 Å². The molecule has 0 aliphatic heterocycles. The van der Waals surface area contributed by atoms with Crippen LogP contribution in [0.3, 0.4) is 0 Å². The Bertz CT molecular complexity index is 1120. The number of carbonyl (C=O) groups excluding carboxylic acids is 2. The molecule has 0 spiro atoms. The highest BCUT2D eigenvalue weighted by atomic mass is 35.5. The lowest BCUT2D eigenvalue weighted by molar-refractivity contribution is 0.0526. The van der Waals surface area contributed by atoms with E-state index in [0.29, 0.717) is 23.8 Å². The molecule has 36 heavy (non-hydrogen) atoms. The molecule has 0 aromatic carbocycles. The molecule has 0 aliphatic carbocycles. The van der Waals surface area contributed by atoms with E-state index in [1.54, 1.807) is 17.5 Å². The van der Waals surface area contributed by atoms with Crippen LogP contribution in [0.2, 0.25) is 5.02 Å². The fraction of sp³-hybridized carbons (Fsp3) is 0.500. The number of hydrogen-bond donors (Lipinski definition) is 2. The summed E-state index contributed by atoms with van der Waals surface area (Å²) in [6, 6.07) is 1.87. The zero-order valence-electron chi connectivity index (χ0n) is 22.8. The molecule has 8 heteroatoms. The Morgan fingerprint density at radius 2 is 1.97 bits per heavy atom. The third kappa shape index (κ3) is 7.74. The molecular weight excluding hydrogens is 494 g/mol. The van der Waals surface area contributed by atoms with E-state index in [0.717, 1.165) is 40.1 Å². The number of rotatable bonds is 10. The standard InChI is InChI=1S/C28H40ClN3O3S/c1-9-11-12-19(4)22-20(5)23(26(33)31-17-18(3)10-2)32(24(22)25-21(29)13-16-36-25)15-14-30-27(34)35-28(6,7)8/h11-13,16-17,19H,9-10,14-15H2,1-8H3,(H,30,34)(H,31,33)/b12-11-,18-17?. The smallest absolute Gasteiger partial charge is 0.407 e. The van der Waals surface area contributed by atoms with Gasteiger partial charge in [0.1, 0.15) is 11.3 Å². The number of amides is 2. The normalized spacial score (nSPS) is 13.2. The molecule has 198 valence electrons. The van der Waals surface area contributed by atoms with Gasteiger partial charge >= 0.3 is 6.09 Å². The molecule has 2 aromatic rings. The van der Waals surface area contributed by atoms with Crippen molar-refractivity contribution < 1.29 is 14.3 Å². The molecule has 0 bridgehead atoms. The van der Waals surface area contributed by atoms with Crippen molar-refractivity contribution in [2.75, 3.05) is 6.54 Å². The van der Waals surface area contributed by atoms with E-state index in [1.165, 1.54) is 0 Å². The first-order chi connectivity index (χ1) is 16.9. The number of nitrogens with zero attached hydrogens (tertiary/aromatic N) is 1. The van der Waals surface area contributed by atoms with Gasteiger partial charge in [0.05, 0.1) is 15.6 Å². The van der Waals surface area contributed by atoms with Gasteiger partial charge in [-0.25, -0.2) is 4.79 Å². The van der Waals surface area contributed by atoms with Crippen molar-refractivity contribution in [1.82, 2.24) is 15.2 Å². The third-order valence-corrected chi connectivity index (χ3v) is 7.08. The fourth-order valence-corrected chi connectivity index (χ4v) is 5.14. The summed E-state index contributed by atoms with van der Waals surface area (Å²) in [4.78, 5) is 26.7. The Hall–Kier alpha value is -2.51. The largest absolute Gasteiger partial charge is 0.444 e. The maximum Gasteiger partial charge on any atom is 0.407 e. The van der Waals surface area contributed by atoms with Crippen molar-refractivity contribution in [3.8, 4) is 10.6 Å². The molecule has 2 rings (SSSR count). The molecule has 2 aromatic heterocycles. The summed E-state index contributed by atoms with van der Waals surface area (Å²) in [5, 5.41) is 8.38. The van der Waals surface area contributed by atoms with Crippen molar-refractivity contribution in [3.63, 3.8) is 0 Å². The number of allylic oxidation sites excluding steroid dienone is 3. The van der Waals surface area contributed by atoms with Crippen LogP contribution in [0.15, 0.2) is 35.4 Å². The first-order valence-electron chi connectivity index (χ1n) is 12.5. The monoisotopic (exact) mass is 533 g/mol. The van der Waals surface area contributed by atoms with Crippen molar-refractivity contribution in [1.29, 1.82) is 0 Å². The van der Waals surface area contributed by atoms with Crippen molar-refractivity contribution in [3.05, 3.63) is 57.2 Å². The third-order valence-electron chi connectivity index (χ3n) is 5.73. The van der Waals surface area contributed by atoms with Gasteiger partial charge in [-0.05, 0) is 70.0 Å². The molecule has 2 heterocycles. The van der Waals surface area contributed by atoms with Crippen LogP contribution in [0.1, 0.15) is 88.8 Å². The number of carbonyl (C=O) groups is 2. The Kier molecular flexibility index (Phi) is 10.9. The fourth-order valence-electron chi connectivity index (χ4n) is 3.93. The van der Waals surface area contributed by atoms with E-state index in [1.807, 2.05) is 57.6 Å². The Labute approximate surface area is 224 Å². The summed E-state index contributed by atoms with van der Waals surface area (Å²) in [5.74, 6) is -0.123. The van der Waals surface area contributed by atoms with E-state index < -0.39 is 11.7 Å². The summed E-state index contributed by atoms with van der Waals surface area (Å²) in [6.45, 7) is 16.4. The minimum Gasteiger partial charge on any atom is -0.444 e. The van der Waals surface area contributed by atoms with Gasteiger partial charge in [0.15, 0.2) is 0 Å². The van der Waals surface area contributed by atoms with E-state index >= 15 is 0 Å². The predicted octanol–water partition coefficient (Wildman–Crippen LogP) is 7.82. The number of aromatic nitrogens is 1. The van der Waals surface area contributed by atoms with Crippen LogP contribution in [0.4, 0.5) is 4.79 Å². The lowest BCUT2D eigenvalue weighted by atomic mass is 9.95. The molecule has 0 fully saturated rings. The molecular formula is C28H40ClN3O3S. The lowest BCUT2D eigenvalue weighted by Crippen LogP contribution is -2.34. The summed E-state index contributed by atoms with van der Waals surface area (Å²) < 4.78 is 7.38. The SMILES string of the molecule is CC/C=C\C(C)c1c(C)c(C(=O)NC=C(C)CC)n(CCNC(=O)OC(C)(C)C)c1-c1sccc1Cl. The summed E-state index contributed by atoms with van der Waals surface area (Å²) >= 11 is 8.17. The van der Waals surface area contributed by atoms with Crippen LogP contribution in [-0.2, 0) is 11.3 Å². The van der Waals surface area contributed by atoms with Gasteiger partial charge in [0.2, 0.25) is 0 Å². The molecule has 1 unspecified atom stereocenters. The Morgan fingerprint density at radius 3 is 2.53 bits per heavy atom. The van der Waals surface area contributed by atoms with E-state index in [4.69, 9.17) is 16.3 Å². The number of thiophene rings is 1. The lowest BCUT2D eigenvalue weighted by Gasteiger charge is -2.20. The number of ether oxygens (including phenoxy) is 1. The van der Waals surface area contributed by atoms with Crippen LogP contribution >= 0.6 is 22.9 Å². The van der Waals surface area contributed by atoms with Crippen molar-refractivity contribution in [2.45, 2.75) is 86.3 Å². The van der Waals surface area contributed by atoms with Gasteiger partial charge in [0, 0.05) is 25.2 Å². The highest BCUT2D eigenvalue weighted by molar-refractivity contribution is 7.14. The Morgan fingerprint density at radius 1 is 1.28 bits per heavy atom. The maximum absolute atomic E-state index is 13.5. The van der Waals surface area contributed by atoms with Gasteiger partial charge in [-0.2, -0.15) is 0 Å². The zero-order chi connectivity index (χ0) is 27.0. The molecule has 0 radical (unpaired) electrons. The second-order valence-corrected chi connectivity index (χ2v) is 11.2. The summed E-state index contributed by atoms with van der Waals surface area (Å²) in [7, 11) is 0. The molecule has 6 nitrogen and oxygen atoms in total. The number of alkyl carbamates (subject to hydrolysis) is 1. The molecule has 0 saturated carbocycles. The second-order valence-electron chi connectivity index (χ2n) is 9.86. The van der Waals surface area contributed by atoms with Gasteiger partial charge in [0.25, 0.3) is 5.91 Å². The number of hydrogen-bond acceptors (Lipinski definition) is 4. The van der Waals surface area contributed by atoms with Gasteiger partial charge < -0.3 is 19.9 Å². The second kappa shape index (κ2) is 13.2. The molecule has 2 amide bonds. The maximum atomic E-state index is 13.5. The first kappa shape index (κ1) is 29.7. The van der Waals surface area contributed by atoms with Crippen molar-refractivity contribution >= 4 is 34.9 Å². The van der Waals surface area contributed by atoms with E-state index in [2.05, 4.69) is 36.6 Å². The highest BCUT2D eigenvalue weighted by Crippen LogP contribution is 2.42. The average Bonchev–Trinajstić information content (AvgIpc) is 3.34. The molecule has 0 aliphatic rings. The Balaban J connectivity index is 2.63. The molecule has 2 N–H and O–H groups in total. The topological polar surface area (TPSA) is 72.4 Å². The minimum absolute atomic E-state index is 0.0673. The average molecular weight is 534 g/mol. The van der Waals surface area contributed by atoms with E-state index in [-0.39, 0.29) is 11.8 Å². The number of halogens is 1. The van der Waals surface area contributed by atoms with E-state index in [9.17, 15) is 9.59 Å². The zero-order valence-corrected chi connectivity index (χ0v) is 24.3. The summed E-state index contributed by atoms with van der Waals surface area (Å²) in [5.41, 5.74) is 3.92. The quantitative estimate of drug-likeness (QED) is 0.306. The number of nitrogens with one attached hydrogen (secondary N) is 2. The minimum atomic E-state index is -0.591. The first-order valence-corrected chi connectivity index (χ1v) is 13.7. The van der Waals surface area contributed by atoms with Crippen LogP contribution in [0.5, 0.6) is 0 Å². The molecule has 1 atom stereocenters. The summed E-state index contributed by atoms with van der Waals surface area (Å²) in [6.07, 6.45) is 7.34. The van der Waals surface area contributed by atoms with Gasteiger partial charge in [-0.3, -0.25) is 4.79 Å². The van der Waals surface area contributed by atoms with Gasteiger partial charge in [-0.1, -0.05) is 50.1 Å². The van der Waals surface area contributed by atoms with Crippen LogP contribution in [0, 0.1) is 6.92 Å². The highest BCUT2D eigenvalue weighted by Gasteiger charge is 2.29. The van der Waals surface area contributed by atoms with Crippen molar-refractivity contribution in [2.24, 2.45) is 0 Å². The van der Waals surface area contributed by atoms with Crippen LogP contribution < -0.4 is 10.6 Å². The molecule has 0 saturated heterocycles. The van der Waals surface area contributed by atoms with Crippen LogP contribution in [-0.4, -0.2) is 28.7 Å². The predicted molar refractivity (Wildman–Crippen MR) is 151 cm³/mol.